The van der Waals surface area contributed by atoms with Crippen molar-refractivity contribution in [1.29, 1.82) is 0 Å². The minimum Gasteiger partial charge on any atom is -0.453 e. The van der Waals surface area contributed by atoms with Crippen LogP contribution in [0.5, 0.6) is 0 Å². The Morgan fingerprint density at radius 1 is 1.26 bits per heavy atom. The van der Waals surface area contributed by atoms with E-state index >= 15 is 0 Å². The first-order valence-corrected chi connectivity index (χ1v) is 7.87. The molecule has 0 fully saturated rings. The number of methoxy groups -OCH3 is 1. The summed E-state index contributed by atoms with van der Waals surface area (Å²) in [4.78, 5) is 25.4. The maximum atomic E-state index is 12.1. The Hall–Kier alpha value is -2.28. The third-order valence-corrected chi connectivity index (χ3v) is 4.13. The monoisotopic (exact) mass is 378 g/mol. The van der Waals surface area contributed by atoms with Crippen LogP contribution in [0, 0.1) is 0 Å². The Morgan fingerprint density at radius 3 is 2.78 bits per heavy atom. The molecule has 0 radical (unpaired) electrons. The number of benzene rings is 1. The van der Waals surface area contributed by atoms with E-state index in [0.717, 1.165) is 12.0 Å². The van der Waals surface area contributed by atoms with E-state index in [4.69, 9.17) is 9.15 Å². The van der Waals surface area contributed by atoms with E-state index in [2.05, 4.69) is 21.2 Å². The quantitative estimate of drug-likeness (QED) is 0.868. The van der Waals surface area contributed by atoms with Crippen LogP contribution in [0.3, 0.4) is 0 Å². The number of nitrogens with zero attached hydrogens (tertiary/aromatic N) is 1. The fraction of sp³-hybridized carbons (Fsp3) is 0.250. The third-order valence-electron chi connectivity index (χ3n) is 3.71. The Morgan fingerprint density at radius 2 is 2.09 bits per heavy atom. The van der Waals surface area contributed by atoms with Gasteiger partial charge in [-0.05, 0) is 57.7 Å². The summed E-state index contributed by atoms with van der Waals surface area (Å²) < 4.78 is 10.5. The standard InChI is InChI=1S/C16H15BrN2O4/c1-22-16(21)19-7-6-10-2-3-12(8-11(10)9-19)18-15(20)13-4-5-14(17)23-13/h2-5,8H,6-7,9H2,1H3,(H,18,20). The maximum absolute atomic E-state index is 12.1. The zero-order valence-electron chi connectivity index (χ0n) is 12.5. The van der Waals surface area contributed by atoms with E-state index in [-0.39, 0.29) is 17.8 Å². The molecule has 7 heteroatoms. The molecule has 2 amide bonds. The van der Waals surface area contributed by atoms with Crippen LogP contribution in [0.1, 0.15) is 21.7 Å². The smallest absolute Gasteiger partial charge is 0.409 e. The van der Waals surface area contributed by atoms with Gasteiger partial charge in [0.2, 0.25) is 0 Å². The van der Waals surface area contributed by atoms with Crippen LogP contribution in [0.2, 0.25) is 0 Å². The van der Waals surface area contributed by atoms with Crippen molar-refractivity contribution in [2.45, 2.75) is 13.0 Å². The van der Waals surface area contributed by atoms with Gasteiger partial charge in [0, 0.05) is 18.8 Å². The number of hydrogen-bond donors (Lipinski definition) is 1. The SMILES string of the molecule is COC(=O)N1CCc2ccc(NC(=O)c3ccc(Br)o3)cc2C1. The number of hydrogen-bond acceptors (Lipinski definition) is 4. The molecule has 23 heavy (non-hydrogen) atoms. The lowest BCUT2D eigenvalue weighted by Crippen LogP contribution is -2.35. The van der Waals surface area contributed by atoms with Crippen LogP contribution in [0.4, 0.5) is 10.5 Å². The number of amides is 2. The number of fused-ring (bicyclic) bond motifs is 1. The highest BCUT2D eigenvalue weighted by atomic mass is 79.9. The van der Waals surface area contributed by atoms with Gasteiger partial charge < -0.3 is 19.4 Å². The minimum atomic E-state index is -0.342. The van der Waals surface area contributed by atoms with Crippen molar-refractivity contribution >= 4 is 33.6 Å². The van der Waals surface area contributed by atoms with Gasteiger partial charge in [-0.25, -0.2) is 4.79 Å². The lowest BCUT2D eigenvalue weighted by molar-refractivity contribution is 0.0995. The molecule has 0 spiro atoms. The zero-order chi connectivity index (χ0) is 16.4. The molecule has 2 heterocycles. The van der Waals surface area contributed by atoms with E-state index < -0.39 is 0 Å². The van der Waals surface area contributed by atoms with Crippen molar-refractivity contribution in [1.82, 2.24) is 4.90 Å². The number of furan rings is 1. The van der Waals surface area contributed by atoms with Crippen molar-refractivity contribution in [3.05, 3.63) is 51.9 Å². The summed E-state index contributed by atoms with van der Waals surface area (Å²) in [5.41, 5.74) is 2.83. The zero-order valence-corrected chi connectivity index (χ0v) is 14.1. The van der Waals surface area contributed by atoms with Gasteiger partial charge in [-0.1, -0.05) is 6.07 Å². The van der Waals surface area contributed by atoms with Crippen LogP contribution in [0.15, 0.2) is 39.4 Å². The molecule has 1 aliphatic rings. The Labute approximate surface area is 141 Å². The molecule has 1 aliphatic heterocycles. The summed E-state index contributed by atoms with van der Waals surface area (Å²) in [6, 6.07) is 8.95. The molecule has 2 aromatic rings. The second kappa shape index (κ2) is 6.45. The lowest BCUT2D eigenvalue weighted by atomic mass is 9.99. The van der Waals surface area contributed by atoms with Gasteiger partial charge in [0.25, 0.3) is 5.91 Å². The van der Waals surface area contributed by atoms with E-state index in [1.165, 1.54) is 12.7 Å². The largest absolute Gasteiger partial charge is 0.453 e. The summed E-state index contributed by atoms with van der Waals surface area (Å²) in [6.07, 6.45) is 0.426. The van der Waals surface area contributed by atoms with Gasteiger partial charge in [0.05, 0.1) is 7.11 Å². The number of ether oxygens (including phenoxy) is 1. The first-order valence-electron chi connectivity index (χ1n) is 7.08. The van der Waals surface area contributed by atoms with Gasteiger partial charge in [-0.3, -0.25) is 4.79 Å². The predicted octanol–water partition coefficient (Wildman–Crippen LogP) is 3.42. The van der Waals surface area contributed by atoms with Gasteiger partial charge in [-0.2, -0.15) is 0 Å². The summed E-state index contributed by atoms with van der Waals surface area (Å²) in [6.45, 7) is 1.10. The van der Waals surface area contributed by atoms with E-state index in [9.17, 15) is 9.59 Å². The number of anilines is 1. The van der Waals surface area contributed by atoms with E-state index in [1.54, 1.807) is 17.0 Å². The summed E-state index contributed by atoms with van der Waals surface area (Å²) in [5.74, 6) is -0.0953. The van der Waals surface area contributed by atoms with E-state index in [0.29, 0.717) is 23.4 Å². The highest BCUT2D eigenvalue weighted by Gasteiger charge is 2.21. The molecule has 120 valence electrons. The van der Waals surface area contributed by atoms with Crippen molar-refractivity contribution < 1.29 is 18.7 Å². The molecule has 1 aromatic heterocycles. The second-order valence-electron chi connectivity index (χ2n) is 5.18. The predicted molar refractivity (Wildman–Crippen MR) is 87.3 cm³/mol. The van der Waals surface area contributed by atoms with Gasteiger partial charge in [-0.15, -0.1) is 0 Å². The number of rotatable bonds is 2. The molecular weight excluding hydrogens is 364 g/mol. The molecule has 0 atom stereocenters. The Kier molecular flexibility index (Phi) is 4.38. The number of carbonyl (C=O) groups excluding carboxylic acids is 2. The summed E-state index contributed by atoms with van der Waals surface area (Å²) in [7, 11) is 1.37. The highest BCUT2D eigenvalue weighted by Crippen LogP contribution is 2.24. The molecule has 3 rings (SSSR count). The average molecular weight is 379 g/mol. The molecule has 6 nitrogen and oxygen atoms in total. The van der Waals surface area contributed by atoms with Crippen molar-refractivity contribution in [2.24, 2.45) is 0 Å². The van der Waals surface area contributed by atoms with Crippen molar-refractivity contribution in [3.63, 3.8) is 0 Å². The van der Waals surface area contributed by atoms with Crippen molar-refractivity contribution in [2.75, 3.05) is 19.0 Å². The molecule has 0 saturated heterocycles. The lowest BCUT2D eigenvalue weighted by Gasteiger charge is -2.28. The van der Waals surface area contributed by atoms with Gasteiger partial charge in [0.15, 0.2) is 10.4 Å². The Bertz CT molecular complexity index is 756. The molecule has 0 bridgehead atoms. The van der Waals surface area contributed by atoms with Gasteiger partial charge in [0.1, 0.15) is 0 Å². The number of carbonyl (C=O) groups is 2. The number of halogens is 1. The minimum absolute atomic E-state index is 0.228. The molecule has 0 saturated carbocycles. The van der Waals surface area contributed by atoms with Crippen LogP contribution in [0.25, 0.3) is 0 Å². The second-order valence-corrected chi connectivity index (χ2v) is 5.96. The molecule has 0 unspecified atom stereocenters. The fourth-order valence-corrected chi connectivity index (χ4v) is 2.86. The Balaban J connectivity index is 1.75. The summed E-state index contributed by atoms with van der Waals surface area (Å²) >= 11 is 3.17. The van der Waals surface area contributed by atoms with E-state index in [1.807, 2.05) is 18.2 Å². The van der Waals surface area contributed by atoms with Crippen LogP contribution >= 0.6 is 15.9 Å². The fourth-order valence-electron chi connectivity index (χ4n) is 2.55. The summed E-state index contributed by atoms with van der Waals surface area (Å²) in [5, 5.41) is 2.79. The van der Waals surface area contributed by atoms with Crippen LogP contribution < -0.4 is 5.32 Å². The topological polar surface area (TPSA) is 71.8 Å². The number of nitrogens with one attached hydrogen (secondary N) is 1. The first-order chi connectivity index (χ1) is 11.1. The van der Waals surface area contributed by atoms with Gasteiger partial charge >= 0.3 is 6.09 Å². The maximum Gasteiger partial charge on any atom is 0.409 e. The van der Waals surface area contributed by atoms with Crippen LogP contribution in [-0.2, 0) is 17.7 Å². The molecule has 0 aliphatic carbocycles. The van der Waals surface area contributed by atoms with Crippen LogP contribution in [-0.4, -0.2) is 30.6 Å². The molecule has 1 aromatic carbocycles. The first kappa shape index (κ1) is 15.6. The van der Waals surface area contributed by atoms with Crippen molar-refractivity contribution in [3.8, 4) is 0 Å². The normalized spacial score (nSPS) is 13.4. The highest BCUT2D eigenvalue weighted by molar-refractivity contribution is 9.10. The molecule has 1 N–H and O–H groups in total. The molecular formula is C16H15BrN2O4. The average Bonchev–Trinajstić information content (AvgIpc) is 3.00. The third kappa shape index (κ3) is 3.39.